The number of benzene rings is 1. The summed E-state index contributed by atoms with van der Waals surface area (Å²) in [6.07, 6.45) is 1.91. The average molecular weight is 235 g/mol. The van der Waals surface area contributed by atoms with E-state index >= 15 is 0 Å². The minimum Gasteiger partial charge on any atom is -0.375 e. The van der Waals surface area contributed by atoms with E-state index in [0.717, 1.165) is 12.8 Å². The first-order valence-electron chi connectivity index (χ1n) is 6.43. The molecular weight excluding hydrogens is 210 g/mol. The number of ether oxygens (including phenoxy) is 1. The van der Waals surface area contributed by atoms with Crippen molar-refractivity contribution in [1.82, 2.24) is 0 Å². The van der Waals surface area contributed by atoms with Gasteiger partial charge in [-0.05, 0) is 32.3 Å². The Hall–Kier alpha value is -0.860. The minimum atomic E-state index is -0.168. The zero-order chi connectivity index (χ0) is 12.9. The molecule has 1 aromatic rings. The van der Waals surface area contributed by atoms with E-state index in [2.05, 4.69) is 45.9 Å². The first-order chi connectivity index (χ1) is 7.99. The fourth-order valence-corrected chi connectivity index (χ4v) is 1.98. The molecule has 0 heterocycles. The Morgan fingerprint density at radius 2 is 1.59 bits per heavy atom. The molecule has 0 fully saturated rings. The summed E-state index contributed by atoms with van der Waals surface area (Å²) < 4.78 is 5.75. The zero-order valence-electron chi connectivity index (χ0n) is 11.5. The Kier molecular flexibility index (Phi) is 5.16. The van der Waals surface area contributed by atoms with Gasteiger partial charge in [-0.15, -0.1) is 0 Å². The Bertz CT molecular complexity index is 336. The van der Waals surface area contributed by atoms with E-state index in [1.54, 1.807) is 0 Å². The maximum absolute atomic E-state index is 6.20. The smallest absolute Gasteiger partial charge is 0.0718 e. The summed E-state index contributed by atoms with van der Waals surface area (Å²) in [5, 5.41) is 0. The number of nitrogens with two attached hydrogens (primary N) is 1. The van der Waals surface area contributed by atoms with Crippen LogP contribution in [0.1, 0.15) is 43.4 Å². The van der Waals surface area contributed by atoms with Gasteiger partial charge >= 0.3 is 0 Å². The van der Waals surface area contributed by atoms with Crippen LogP contribution in [0.5, 0.6) is 0 Å². The van der Waals surface area contributed by atoms with E-state index in [-0.39, 0.29) is 5.54 Å². The van der Waals surface area contributed by atoms with E-state index in [1.807, 2.05) is 0 Å². The maximum Gasteiger partial charge on any atom is 0.0718 e. The Balaban J connectivity index is 2.51. The van der Waals surface area contributed by atoms with Crippen molar-refractivity contribution in [1.29, 1.82) is 0 Å². The van der Waals surface area contributed by atoms with Gasteiger partial charge in [0.05, 0.1) is 13.2 Å². The third kappa shape index (κ3) is 4.49. The van der Waals surface area contributed by atoms with Crippen LogP contribution in [-0.2, 0) is 11.3 Å². The second kappa shape index (κ2) is 6.18. The standard InChI is InChI=1S/C15H25NO/c1-5-15(16,6-2)11-17-10-14-8-12(3)7-13(4)9-14/h7-9H,5-6,10-11,16H2,1-4H3. The second-order valence-corrected chi connectivity index (χ2v) is 5.06. The van der Waals surface area contributed by atoms with Gasteiger partial charge in [-0.1, -0.05) is 43.2 Å². The fraction of sp³-hybridized carbons (Fsp3) is 0.600. The average Bonchev–Trinajstić information content (AvgIpc) is 2.27. The molecule has 0 unspecified atom stereocenters. The van der Waals surface area contributed by atoms with Gasteiger partial charge in [-0.2, -0.15) is 0 Å². The van der Waals surface area contributed by atoms with Crippen LogP contribution in [0.4, 0.5) is 0 Å². The summed E-state index contributed by atoms with van der Waals surface area (Å²) in [6, 6.07) is 6.51. The predicted molar refractivity (Wildman–Crippen MR) is 73.1 cm³/mol. The van der Waals surface area contributed by atoms with Gasteiger partial charge < -0.3 is 10.5 Å². The second-order valence-electron chi connectivity index (χ2n) is 5.06. The molecule has 0 atom stereocenters. The largest absolute Gasteiger partial charge is 0.375 e. The van der Waals surface area contributed by atoms with Crippen LogP contribution in [0.15, 0.2) is 18.2 Å². The molecule has 17 heavy (non-hydrogen) atoms. The molecule has 0 aliphatic rings. The van der Waals surface area contributed by atoms with E-state index in [9.17, 15) is 0 Å². The van der Waals surface area contributed by atoms with Crippen molar-refractivity contribution < 1.29 is 4.74 Å². The summed E-state index contributed by atoms with van der Waals surface area (Å²) in [6.45, 7) is 9.74. The highest BCUT2D eigenvalue weighted by Gasteiger charge is 2.20. The molecule has 2 heteroatoms. The van der Waals surface area contributed by atoms with Crippen LogP contribution in [0.3, 0.4) is 0 Å². The number of hydrogen-bond donors (Lipinski definition) is 1. The van der Waals surface area contributed by atoms with Gasteiger partial charge in [0.2, 0.25) is 0 Å². The molecule has 0 amide bonds. The summed E-state index contributed by atoms with van der Waals surface area (Å²) in [5.41, 5.74) is 9.83. The lowest BCUT2D eigenvalue weighted by atomic mass is 9.96. The third-order valence-corrected chi connectivity index (χ3v) is 3.35. The lowest BCUT2D eigenvalue weighted by Gasteiger charge is -2.26. The minimum absolute atomic E-state index is 0.168. The molecule has 2 nitrogen and oxygen atoms in total. The Labute approximate surface area is 105 Å². The predicted octanol–water partition coefficient (Wildman–Crippen LogP) is 3.34. The molecule has 1 rings (SSSR count). The summed E-state index contributed by atoms with van der Waals surface area (Å²) in [4.78, 5) is 0. The van der Waals surface area contributed by atoms with Crippen molar-refractivity contribution in [3.05, 3.63) is 34.9 Å². The van der Waals surface area contributed by atoms with Crippen LogP contribution in [-0.4, -0.2) is 12.1 Å². The molecule has 96 valence electrons. The number of hydrogen-bond acceptors (Lipinski definition) is 2. The van der Waals surface area contributed by atoms with Crippen LogP contribution < -0.4 is 5.73 Å². The first kappa shape index (κ1) is 14.2. The molecule has 0 bridgehead atoms. The lowest BCUT2D eigenvalue weighted by molar-refractivity contribution is 0.0696. The van der Waals surface area contributed by atoms with Crippen LogP contribution in [0.2, 0.25) is 0 Å². The van der Waals surface area contributed by atoms with Crippen LogP contribution >= 0.6 is 0 Å². The van der Waals surface area contributed by atoms with Crippen molar-refractivity contribution in [3.8, 4) is 0 Å². The maximum atomic E-state index is 6.20. The van der Waals surface area contributed by atoms with Gasteiger partial charge in [-0.25, -0.2) is 0 Å². The summed E-state index contributed by atoms with van der Waals surface area (Å²) in [5.74, 6) is 0. The normalized spacial score (nSPS) is 11.8. The van der Waals surface area contributed by atoms with E-state index in [4.69, 9.17) is 10.5 Å². The molecule has 0 aliphatic heterocycles. The van der Waals surface area contributed by atoms with Gasteiger partial charge in [0.25, 0.3) is 0 Å². The van der Waals surface area contributed by atoms with Crippen LogP contribution in [0, 0.1) is 13.8 Å². The SMILES string of the molecule is CCC(N)(CC)COCc1cc(C)cc(C)c1. The lowest BCUT2D eigenvalue weighted by Crippen LogP contribution is -2.43. The molecule has 2 N–H and O–H groups in total. The van der Waals surface area contributed by atoms with Gasteiger partial charge in [0.1, 0.15) is 0 Å². The monoisotopic (exact) mass is 235 g/mol. The van der Waals surface area contributed by atoms with Gasteiger partial charge in [0, 0.05) is 5.54 Å². The van der Waals surface area contributed by atoms with E-state index in [0.29, 0.717) is 13.2 Å². The topological polar surface area (TPSA) is 35.2 Å². The molecular formula is C15H25NO. The highest BCUT2D eigenvalue weighted by atomic mass is 16.5. The van der Waals surface area contributed by atoms with E-state index in [1.165, 1.54) is 16.7 Å². The summed E-state index contributed by atoms with van der Waals surface area (Å²) >= 11 is 0. The van der Waals surface area contributed by atoms with Gasteiger partial charge in [0.15, 0.2) is 0 Å². The highest BCUT2D eigenvalue weighted by Crippen LogP contribution is 2.14. The van der Waals surface area contributed by atoms with Crippen molar-refractivity contribution in [2.24, 2.45) is 5.73 Å². The number of aryl methyl sites for hydroxylation is 2. The molecule has 0 radical (unpaired) electrons. The fourth-order valence-electron chi connectivity index (χ4n) is 1.98. The molecule has 0 aromatic heterocycles. The Morgan fingerprint density at radius 3 is 2.06 bits per heavy atom. The third-order valence-electron chi connectivity index (χ3n) is 3.35. The highest BCUT2D eigenvalue weighted by molar-refractivity contribution is 5.27. The van der Waals surface area contributed by atoms with Gasteiger partial charge in [-0.3, -0.25) is 0 Å². The van der Waals surface area contributed by atoms with Crippen LogP contribution in [0.25, 0.3) is 0 Å². The zero-order valence-corrected chi connectivity index (χ0v) is 11.5. The summed E-state index contributed by atoms with van der Waals surface area (Å²) in [7, 11) is 0. The van der Waals surface area contributed by atoms with Crippen molar-refractivity contribution >= 4 is 0 Å². The molecule has 0 saturated carbocycles. The first-order valence-corrected chi connectivity index (χ1v) is 6.43. The molecule has 0 aliphatic carbocycles. The van der Waals surface area contributed by atoms with Crippen molar-refractivity contribution in [3.63, 3.8) is 0 Å². The molecule has 0 saturated heterocycles. The van der Waals surface area contributed by atoms with E-state index < -0.39 is 0 Å². The molecule has 1 aromatic carbocycles. The van der Waals surface area contributed by atoms with Crippen molar-refractivity contribution in [2.45, 2.75) is 52.7 Å². The number of rotatable bonds is 6. The van der Waals surface area contributed by atoms with Crippen molar-refractivity contribution in [2.75, 3.05) is 6.61 Å². The molecule has 0 spiro atoms. The Morgan fingerprint density at radius 1 is 1.06 bits per heavy atom. The quantitative estimate of drug-likeness (QED) is 0.820.